The predicted octanol–water partition coefficient (Wildman–Crippen LogP) is 2.02. The number of nitrogens with zero attached hydrogens (tertiary/aromatic N) is 1. The summed E-state index contributed by atoms with van der Waals surface area (Å²) in [5.41, 5.74) is 0.974. The van der Waals surface area contributed by atoms with Crippen LogP contribution < -0.4 is 4.74 Å². The smallest absolute Gasteiger partial charge is 0.144 e. The number of hydrogen-bond acceptors (Lipinski definition) is 2. The first-order chi connectivity index (χ1) is 6.33. The molecule has 1 aliphatic heterocycles. The van der Waals surface area contributed by atoms with Crippen molar-refractivity contribution >= 4 is 0 Å². The fourth-order valence-corrected chi connectivity index (χ4v) is 1.50. The zero-order chi connectivity index (χ0) is 9.26. The minimum Gasteiger partial charge on any atom is -0.492 e. The van der Waals surface area contributed by atoms with Crippen molar-refractivity contribution in [2.45, 2.75) is 12.8 Å². The van der Waals surface area contributed by atoms with Crippen LogP contribution in [-0.4, -0.2) is 6.61 Å². The van der Waals surface area contributed by atoms with Gasteiger partial charge in [-0.05, 0) is 24.5 Å². The van der Waals surface area contributed by atoms with Gasteiger partial charge in [0.25, 0.3) is 0 Å². The van der Waals surface area contributed by atoms with Crippen LogP contribution in [0.1, 0.15) is 17.5 Å². The van der Waals surface area contributed by atoms with Crippen LogP contribution in [0.3, 0.4) is 0 Å². The van der Waals surface area contributed by atoms with Crippen molar-refractivity contribution in [1.29, 1.82) is 5.26 Å². The molecule has 0 aliphatic carbocycles. The van der Waals surface area contributed by atoms with Crippen molar-refractivity contribution in [2.24, 2.45) is 0 Å². The minimum atomic E-state index is -0.497. The molecule has 1 heterocycles. The molecule has 0 N–H and O–H groups in total. The van der Waals surface area contributed by atoms with Gasteiger partial charge in [0.05, 0.1) is 6.61 Å². The van der Waals surface area contributed by atoms with Gasteiger partial charge < -0.3 is 4.74 Å². The van der Waals surface area contributed by atoms with Crippen molar-refractivity contribution in [3.8, 4) is 11.8 Å². The maximum atomic E-state index is 13.1. The van der Waals surface area contributed by atoms with Crippen molar-refractivity contribution in [3.63, 3.8) is 0 Å². The number of benzene rings is 1. The Hall–Kier alpha value is -1.56. The second kappa shape index (κ2) is 3.06. The van der Waals surface area contributed by atoms with E-state index in [2.05, 4.69) is 0 Å². The Morgan fingerprint density at radius 1 is 1.46 bits per heavy atom. The Morgan fingerprint density at radius 3 is 3.08 bits per heavy atom. The molecule has 2 nitrogen and oxygen atoms in total. The van der Waals surface area contributed by atoms with Gasteiger partial charge in [-0.25, -0.2) is 4.39 Å². The molecule has 3 heteroatoms. The lowest BCUT2D eigenvalue weighted by atomic mass is 10.0. The number of hydrogen-bond donors (Lipinski definition) is 0. The van der Waals surface area contributed by atoms with Crippen molar-refractivity contribution in [2.75, 3.05) is 6.61 Å². The minimum absolute atomic E-state index is 0.0391. The van der Waals surface area contributed by atoms with E-state index in [1.807, 2.05) is 6.07 Å². The lowest BCUT2D eigenvalue weighted by Crippen LogP contribution is -2.10. The third-order valence-electron chi connectivity index (χ3n) is 2.14. The van der Waals surface area contributed by atoms with Gasteiger partial charge in [0.1, 0.15) is 23.2 Å². The zero-order valence-corrected chi connectivity index (χ0v) is 7.01. The summed E-state index contributed by atoms with van der Waals surface area (Å²) in [6.07, 6.45) is 1.80. The van der Waals surface area contributed by atoms with Gasteiger partial charge in [-0.15, -0.1) is 0 Å². The van der Waals surface area contributed by atoms with E-state index in [1.54, 1.807) is 6.07 Å². The molecule has 0 bridgehead atoms. The van der Waals surface area contributed by atoms with E-state index in [4.69, 9.17) is 10.00 Å². The standard InChI is InChI=1S/C10H8FNO/c11-9-4-3-7-2-1-5-13-10(7)8(9)6-12/h3-4H,1-2,5H2. The number of ether oxygens (including phenoxy) is 1. The molecule has 0 aromatic heterocycles. The van der Waals surface area contributed by atoms with Crippen molar-refractivity contribution in [1.82, 2.24) is 0 Å². The van der Waals surface area contributed by atoms with Gasteiger partial charge in [0.15, 0.2) is 0 Å². The van der Waals surface area contributed by atoms with Gasteiger partial charge in [-0.1, -0.05) is 6.07 Å². The molecule has 0 radical (unpaired) electrons. The Balaban J connectivity index is 2.60. The summed E-state index contributed by atoms with van der Waals surface area (Å²) in [5, 5.41) is 8.70. The highest BCUT2D eigenvalue weighted by molar-refractivity contribution is 5.50. The second-order valence-corrected chi connectivity index (χ2v) is 2.97. The largest absolute Gasteiger partial charge is 0.492 e. The Morgan fingerprint density at radius 2 is 2.31 bits per heavy atom. The van der Waals surface area contributed by atoms with Crippen LogP contribution in [-0.2, 0) is 6.42 Å². The molecule has 1 aromatic rings. The summed E-state index contributed by atoms with van der Waals surface area (Å²) in [6, 6.07) is 4.83. The molecule has 0 fully saturated rings. The Kier molecular flexibility index (Phi) is 1.90. The lowest BCUT2D eigenvalue weighted by molar-refractivity contribution is 0.285. The molecule has 66 valence electrons. The molecule has 0 saturated heterocycles. The summed E-state index contributed by atoms with van der Waals surface area (Å²) in [7, 11) is 0. The van der Waals surface area contributed by atoms with E-state index in [0.717, 1.165) is 18.4 Å². The molecule has 0 unspecified atom stereocenters. The normalized spacial score (nSPS) is 14.2. The molecule has 0 saturated carbocycles. The number of rotatable bonds is 0. The van der Waals surface area contributed by atoms with Gasteiger partial charge in [0, 0.05) is 0 Å². The maximum absolute atomic E-state index is 13.1. The van der Waals surface area contributed by atoms with Crippen molar-refractivity contribution in [3.05, 3.63) is 29.1 Å². The van der Waals surface area contributed by atoms with Crippen LogP contribution in [0.5, 0.6) is 5.75 Å². The third kappa shape index (κ3) is 1.25. The summed E-state index contributed by atoms with van der Waals surface area (Å²) in [5.74, 6) is -0.0584. The summed E-state index contributed by atoms with van der Waals surface area (Å²) in [6.45, 7) is 0.575. The van der Waals surface area contributed by atoms with Gasteiger partial charge in [-0.2, -0.15) is 5.26 Å². The fraction of sp³-hybridized carbons (Fsp3) is 0.300. The van der Waals surface area contributed by atoms with Crippen LogP contribution in [0.2, 0.25) is 0 Å². The molecule has 2 rings (SSSR count). The van der Waals surface area contributed by atoms with Crippen LogP contribution in [0.4, 0.5) is 4.39 Å². The number of nitriles is 1. The molecule has 1 aromatic carbocycles. The average Bonchev–Trinajstić information content (AvgIpc) is 2.18. The first-order valence-electron chi connectivity index (χ1n) is 4.17. The van der Waals surface area contributed by atoms with E-state index in [-0.39, 0.29) is 5.56 Å². The highest BCUT2D eigenvalue weighted by Gasteiger charge is 2.17. The van der Waals surface area contributed by atoms with E-state index < -0.39 is 5.82 Å². The second-order valence-electron chi connectivity index (χ2n) is 2.97. The van der Waals surface area contributed by atoms with Gasteiger partial charge >= 0.3 is 0 Å². The average molecular weight is 177 g/mol. The Labute approximate surface area is 75.6 Å². The van der Waals surface area contributed by atoms with Gasteiger partial charge in [0.2, 0.25) is 0 Å². The first kappa shape index (κ1) is 8.06. The molecule has 0 atom stereocenters. The van der Waals surface area contributed by atoms with Crippen LogP contribution >= 0.6 is 0 Å². The summed E-state index contributed by atoms with van der Waals surface area (Å²) >= 11 is 0. The van der Waals surface area contributed by atoms with E-state index >= 15 is 0 Å². The number of halogens is 1. The summed E-state index contributed by atoms with van der Waals surface area (Å²) < 4.78 is 18.3. The van der Waals surface area contributed by atoms with E-state index in [0.29, 0.717) is 12.4 Å². The van der Waals surface area contributed by atoms with Crippen LogP contribution in [0, 0.1) is 17.1 Å². The zero-order valence-electron chi connectivity index (χ0n) is 7.01. The summed E-state index contributed by atoms with van der Waals surface area (Å²) in [4.78, 5) is 0. The maximum Gasteiger partial charge on any atom is 0.144 e. The highest BCUT2D eigenvalue weighted by Crippen LogP contribution is 2.29. The SMILES string of the molecule is N#Cc1c(F)ccc2c1OCCC2. The van der Waals surface area contributed by atoms with E-state index in [1.165, 1.54) is 6.07 Å². The third-order valence-corrected chi connectivity index (χ3v) is 2.14. The number of fused-ring (bicyclic) bond motifs is 1. The van der Waals surface area contributed by atoms with Crippen molar-refractivity contribution < 1.29 is 9.13 Å². The fourth-order valence-electron chi connectivity index (χ4n) is 1.50. The Bertz CT molecular complexity index is 381. The monoisotopic (exact) mass is 177 g/mol. The topological polar surface area (TPSA) is 33.0 Å². The van der Waals surface area contributed by atoms with Crippen LogP contribution in [0.25, 0.3) is 0 Å². The predicted molar refractivity (Wildman–Crippen MR) is 44.9 cm³/mol. The van der Waals surface area contributed by atoms with Gasteiger partial charge in [-0.3, -0.25) is 0 Å². The lowest BCUT2D eigenvalue weighted by Gasteiger charge is -2.17. The highest BCUT2D eigenvalue weighted by atomic mass is 19.1. The molecule has 1 aliphatic rings. The van der Waals surface area contributed by atoms with E-state index in [9.17, 15) is 4.39 Å². The van der Waals surface area contributed by atoms with Crippen LogP contribution in [0.15, 0.2) is 12.1 Å². The molecular weight excluding hydrogens is 169 g/mol. The molecular formula is C10H8FNO. The molecule has 0 spiro atoms. The quantitative estimate of drug-likeness (QED) is 0.607. The first-order valence-corrected chi connectivity index (χ1v) is 4.17. The number of aryl methyl sites for hydroxylation is 1. The molecule has 0 amide bonds. The molecule has 13 heavy (non-hydrogen) atoms.